The number of likely N-dealkylation sites (N-methyl/N-ethyl adjacent to an activating group) is 1. The molecule has 2 aromatic rings. The molecule has 0 N–H and O–H groups in total. The quantitative estimate of drug-likeness (QED) is 0.701. The van der Waals surface area contributed by atoms with Gasteiger partial charge in [-0.05, 0) is 62.1 Å². The van der Waals surface area contributed by atoms with E-state index in [-0.39, 0.29) is 19.1 Å². The third-order valence-electron chi connectivity index (χ3n) is 4.24. The molecule has 0 saturated heterocycles. The Morgan fingerprint density at radius 3 is 2.19 bits per heavy atom. The molecule has 0 aliphatic carbocycles. The molecule has 1 amide bonds. The lowest BCUT2D eigenvalue weighted by atomic mass is 10.1. The first-order chi connectivity index (χ1) is 12.7. The summed E-state index contributed by atoms with van der Waals surface area (Å²) in [6.45, 7) is 7.93. The summed E-state index contributed by atoms with van der Waals surface area (Å²) in [5.74, 6) is -0.208. The zero-order chi connectivity index (χ0) is 20.0. The zero-order valence-electron chi connectivity index (χ0n) is 16.7. The van der Waals surface area contributed by atoms with Crippen LogP contribution in [0.15, 0.2) is 36.4 Å². The fraction of sp³-hybridized carbons (Fsp3) is 0.364. The van der Waals surface area contributed by atoms with Gasteiger partial charge in [0.2, 0.25) is 0 Å². The lowest BCUT2D eigenvalue weighted by Gasteiger charge is -2.18. The number of esters is 1. The van der Waals surface area contributed by atoms with Crippen LogP contribution in [0.4, 0.5) is 0 Å². The predicted octanol–water partition coefficient (Wildman–Crippen LogP) is 3.50. The molecule has 2 aromatic carbocycles. The third kappa shape index (κ3) is 6.44. The summed E-state index contributed by atoms with van der Waals surface area (Å²) < 4.78 is 10.5. The van der Waals surface area contributed by atoms with Crippen LogP contribution < -0.4 is 4.74 Å². The van der Waals surface area contributed by atoms with Gasteiger partial charge >= 0.3 is 5.97 Å². The third-order valence-corrected chi connectivity index (χ3v) is 4.24. The molecule has 0 unspecified atom stereocenters. The lowest BCUT2D eigenvalue weighted by Crippen LogP contribution is -2.31. The van der Waals surface area contributed by atoms with Gasteiger partial charge in [-0.3, -0.25) is 4.79 Å². The van der Waals surface area contributed by atoms with Crippen molar-refractivity contribution in [2.45, 2.75) is 34.2 Å². The molecule has 5 nitrogen and oxygen atoms in total. The van der Waals surface area contributed by atoms with Crippen LogP contribution in [0.5, 0.6) is 5.75 Å². The Hall–Kier alpha value is -2.82. The normalized spacial score (nSPS) is 10.4. The summed E-state index contributed by atoms with van der Waals surface area (Å²) >= 11 is 0. The van der Waals surface area contributed by atoms with Crippen molar-refractivity contribution < 1.29 is 19.1 Å². The first kappa shape index (κ1) is 20.5. The van der Waals surface area contributed by atoms with Crippen molar-refractivity contribution in [1.29, 1.82) is 0 Å². The van der Waals surface area contributed by atoms with E-state index in [1.54, 1.807) is 11.9 Å². The highest BCUT2D eigenvalue weighted by Crippen LogP contribution is 2.16. The smallest absolute Gasteiger partial charge is 0.344 e. The van der Waals surface area contributed by atoms with Crippen LogP contribution in [-0.2, 0) is 20.9 Å². The molecule has 5 heteroatoms. The summed E-state index contributed by atoms with van der Waals surface area (Å²) in [4.78, 5) is 25.6. The first-order valence-corrected chi connectivity index (χ1v) is 8.91. The molecule has 0 radical (unpaired) electrons. The molecule has 0 aliphatic rings. The second kappa shape index (κ2) is 9.21. The van der Waals surface area contributed by atoms with E-state index < -0.39 is 5.97 Å². The largest absolute Gasteiger partial charge is 0.482 e. The number of benzene rings is 2. The van der Waals surface area contributed by atoms with Crippen LogP contribution in [0, 0.1) is 27.7 Å². The number of aryl methyl sites for hydroxylation is 4. The van der Waals surface area contributed by atoms with Crippen LogP contribution in [0.1, 0.15) is 27.8 Å². The number of rotatable bonds is 7. The molecule has 2 rings (SSSR count). The number of hydrogen-bond donors (Lipinski definition) is 0. The summed E-state index contributed by atoms with van der Waals surface area (Å²) in [5.41, 5.74) is 5.50. The fourth-order valence-corrected chi connectivity index (χ4v) is 2.82. The van der Waals surface area contributed by atoms with Crippen molar-refractivity contribution in [3.05, 3.63) is 64.2 Å². The number of carbonyl (C=O) groups is 2. The van der Waals surface area contributed by atoms with Crippen molar-refractivity contribution >= 4 is 11.9 Å². The van der Waals surface area contributed by atoms with Crippen molar-refractivity contribution in [2.24, 2.45) is 0 Å². The Labute approximate surface area is 160 Å². The molecule has 0 atom stereocenters. The van der Waals surface area contributed by atoms with Crippen LogP contribution in [0.2, 0.25) is 0 Å². The second-order valence-corrected chi connectivity index (χ2v) is 6.95. The van der Waals surface area contributed by atoms with E-state index in [1.807, 2.05) is 58.0 Å². The van der Waals surface area contributed by atoms with E-state index in [4.69, 9.17) is 9.47 Å². The second-order valence-electron chi connectivity index (χ2n) is 6.95. The van der Waals surface area contributed by atoms with Gasteiger partial charge < -0.3 is 14.4 Å². The average molecular weight is 369 g/mol. The van der Waals surface area contributed by atoms with E-state index in [1.165, 1.54) is 5.56 Å². The molecule has 0 fully saturated rings. The summed E-state index contributed by atoms with van der Waals surface area (Å²) in [6, 6.07) is 11.8. The molecule has 0 aliphatic heterocycles. The minimum absolute atomic E-state index is 0.225. The minimum atomic E-state index is -0.567. The molecule has 0 bridgehead atoms. The van der Waals surface area contributed by atoms with Crippen molar-refractivity contribution in [1.82, 2.24) is 4.90 Å². The SMILES string of the molecule is Cc1cc(C)cc(OCC(=O)OCC(=O)N(C)Cc2ccc(C)cc2C)c1. The van der Waals surface area contributed by atoms with E-state index in [0.717, 1.165) is 22.3 Å². The Morgan fingerprint density at radius 1 is 0.889 bits per heavy atom. The van der Waals surface area contributed by atoms with Crippen LogP contribution in [0.3, 0.4) is 0 Å². The van der Waals surface area contributed by atoms with Crippen molar-refractivity contribution in [3.63, 3.8) is 0 Å². The molecular weight excluding hydrogens is 342 g/mol. The summed E-state index contributed by atoms with van der Waals surface area (Å²) in [7, 11) is 1.70. The molecule has 0 aromatic heterocycles. The van der Waals surface area contributed by atoms with Crippen LogP contribution in [-0.4, -0.2) is 37.0 Å². The lowest BCUT2D eigenvalue weighted by molar-refractivity contribution is -0.153. The number of carbonyl (C=O) groups excluding carboxylic acids is 2. The van der Waals surface area contributed by atoms with Crippen molar-refractivity contribution in [2.75, 3.05) is 20.3 Å². The highest BCUT2D eigenvalue weighted by atomic mass is 16.6. The van der Waals surface area contributed by atoms with Crippen LogP contribution in [0.25, 0.3) is 0 Å². The molecular formula is C22H27NO4. The number of ether oxygens (including phenoxy) is 2. The van der Waals surface area contributed by atoms with Gasteiger partial charge in [0.15, 0.2) is 13.2 Å². The van der Waals surface area contributed by atoms with Gasteiger partial charge in [0, 0.05) is 13.6 Å². The van der Waals surface area contributed by atoms with E-state index in [2.05, 4.69) is 6.07 Å². The monoisotopic (exact) mass is 369 g/mol. The maximum Gasteiger partial charge on any atom is 0.344 e. The Balaban J connectivity index is 1.79. The standard InChI is InChI=1S/C22H27NO4/c1-15-6-7-19(18(4)9-15)12-23(5)21(24)13-27-22(25)14-26-20-10-16(2)8-17(3)11-20/h6-11H,12-14H2,1-5H3. The molecule has 0 spiro atoms. The Kier molecular flexibility index (Phi) is 6.99. The van der Waals surface area contributed by atoms with Crippen LogP contribution >= 0.6 is 0 Å². The average Bonchev–Trinajstić information content (AvgIpc) is 2.59. The number of hydrogen-bond acceptors (Lipinski definition) is 4. The number of nitrogens with zero attached hydrogens (tertiary/aromatic N) is 1. The van der Waals surface area contributed by atoms with Gasteiger partial charge in [-0.25, -0.2) is 4.79 Å². The van der Waals surface area contributed by atoms with Gasteiger partial charge in [-0.15, -0.1) is 0 Å². The molecule has 144 valence electrons. The van der Waals surface area contributed by atoms with Gasteiger partial charge in [-0.2, -0.15) is 0 Å². The first-order valence-electron chi connectivity index (χ1n) is 8.91. The van der Waals surface area contributed by atoms with Gasteiger partial charge in [0.1, 0.15) is 5.75 Å². The van der Waals surface area contributed by atoms with Gasteiger partial charge in [0.25, 0.3) is 5.91 Å². The highest BCUT2D eigenvalue weighted by molar-refractivity contribution is 5.80. The summed E-state index contributed by atoms with van der Waals surface area (Å²) in [5, 5.41) is 0. The minimum Gasteiger partial charge on any atom is -0.482 e. The number of amides is 1. The zero-order valence-corrected chi connectivity index (χ0v) is 16.7. The maximum atomic E-state index is 12.2. The van der Waals surface area contributed by atoms with Gasteiger partial charge in [-0.1, -0.05) is 29.8 Å². The molecule has 0 saturated carbocycles. The van der Waals surface area contributed by atoms with E-state index >= 15 is 0 Å². The van der Waals surface area contributed by atoms with E-state index in [9.17, 15) is 9.59 Å². The topological polar surface area (TPSA) is 55.8 Å². The molecule has 0 heterocycles. The van der Waals surface area contributed by atoms with Crippen molar-refractivity contribution in [3.8, 4) is 5.75 Å². The van der Waals surface area contributed by atoms with E-state index in [0.29, 0.717) is 12.3 Å². The highest BCUT2D eigenvalue weighted by Gasteiger charge is 2.14. The fourth-order valence-electron chi connectivity index (χ4n) is 2.82. The Morgan fingerprint density at radius 2 is 1.56 bits per heavy atom. The van der Waals surface area contributed by atoms with Gasteiger partial charge in [0.05, 0.1) is 0 Å². The maximum absolute atomic E-state index is 12.2. The Bertz CT molecular complexity index is 809. The predicted molar refractivity (Wildman–Crippen MR) is 105 cm³/mol. The molecule has 27 heavy (non-hydrogen) atoms. The summed E-state index contributed by atoms with van der Waals surface area (Å²) in [6.07, 6.45) is 0.